The van der Waals surface area contributed by atoms with Gasteiger partial charge in [-0.25, -0.2) is 4.98 Å². The number of imidazole rings is 1. The van der Waals surface area contributed by atoms with Crippen molar-refractivity contribution in [2.75, 3.05) is 0 Å². The van der Waals surface area contributed by atoms with Gasteiger partial charge in [-0.1, -0.05) is 83.1 Å². The summed E-state index contributed by atoms with van der Waals surface area (Å²) in [6.45, 7) is 11.3. The molecular formula is C28H28N2. The van der Waals surface area contributed by atoms with Gasteiger partial charge in [0.25, 0.3) is 0 Å². The zero-order valence-electron chi connectivity index (χ0n) is 18.4. The van der Waals surface area contributed by atoms with Crippen molar-refractivity contribution in [1.29, 1.82) is 0 Å². The molecule has 0 spiro atoms. The fourth-order valence-electron chi connectivity index (χ4n) is 4.42. The van der Waals surface area contributed by atoms with Crippen LogP contribution in [0.5, 0.6) is 0 Å². The zero-order valence-corrected chi connectivity index (χ0v) is 18.4. The van der Waals surface area contributed by atoms with Crippen LogP contribution in [-0.2, 0) is 5.41 Å². The van der Waals surface area contributed by atoms with Crippen molar-refractivity contribution in [2.45, 2.75) is 46.0 Å². The smallest absolute Gasteiger partial charge is 0.145 e. The SMILES string of the molecule is CC(C)c1cc(-c2ccc(C(C)(C)C)cc2)c2c(c1)c1ccccc1c1nccn12. The highest BCUT2D eigenvalue weighted by Crippen LogP contribution is 2.38. The molecule has 0 atom stereocenters. The van der Waals surface area contributed by atoms with Crippen LogP contribution in [0.15, 0.2) is 73.1 Å². The second kappa shape index (κ2) is 6.70. The van der Waals surface area contributed by atoms with Gasteiger partial charge in [0.1, 0.15) is 5.65 Å². The van der Waals surface area contributed by atoms with Crippen LogP contribution in [0, 0.1) is 0 Å². The predicted octanol–water partition coefficient (Wildman–Crippen LogP) is 7.73. The maximum Gasteiger partial charge on any atom is 0.145 e. The molecule has 30 heavy (non-hydrogen) atoms. The highest BCUT2D eigenvalue weighted by Gasteiger charge is 2.17. The molecule has 0 saturated carbocycles. The minimum absolute atomic E-state index is 0.147. The molecule has 0 amide bonds. The summed E-state index contributed by atoms with van der Waals surface area (Å²) in [6, 6.07) is 22.5. The number of rotatable bonds is 2. The van der Waals surface area contributed by atoms with Crippen LogP contribution in [0.25, 0.3) is 38.4 Å². The van der Waals surface area contributed by atoms with E-state index in [1.807, 2.05) is 6.20 Å². The van der Waals surface area contributed by atoms with Gasteiger partial charge in [0.05, 0.1) is 5.52 Å². The van der Waals surface area contributed by atoms with Crippen molar-refractivity contribution in [3.63, 3.8) is 0 Å². The molecule has 2 nitrogen and oxygen atoms in total. The lowest BCUT2D eigenvalue weighted by Crippen LogP contribution is -2.10. The van der Waals surface area contributed by atoms with Crippen molar-refractivity contribution in [3.05, 3.63) is 84.2 Å². The minimum atomic E-state index is 0.147. The lowest BCUT2D eigenvalue weighted by atomic mass is 9.85. The molecule has 0 aliphatic heterocycles. The maximum absolute atomic E-state index is 4.70. The first-order valence-electron chi connectivity index (χ1n) is 10.8. The Hall–Kier alpha value is -3.13. The van der Waals surface area contributed by atoms with Crippen LogP contribution < -0.4 is 0 Å². The first kappa shape index (κ1) is 18.9. The number of hydrogen-bond donors (Lipinski definition) is 0. The maximum atomic E-state index is 4.70. The van der Waals surface area contributed by atoms with Crippen LogP contribution in [-0.4, -0.2) is 9.38 Å². The summed E-state index contributed by atoms with van der Waals surface area (Å²) in [5.41, 5.74) is 7.63. The lowest BCUT2D eigenvalue weighted by Gasteiger charge is -2.20. The van der Waals surface area contributed by atoms with Gasteiger partial charge in [0.2, 0.25) is 0 Å². The van der Waals surface area contributed by atoms with Gasteiger partial charge >= 0.3 is 0 Å². The monoisotopic (exact) mass is 392 g/mol. The lowest BCUT2D eigenvalue weighted by molar-refractivity contribution is 0.590. The van der Waals surface area contributed by atoms with E-state index in [9.17, 15) is 0 Å². The summed E-state index contributed by atoms with van der Waals surface area (Å²) in [5, 5.41) is 3.75. The molecule has 0 aliphatic carbocycles. The molecule has 0 N–H and O–H groups in total. The Labute approximate surface area is 178 Å². The summed E-state index contributed by atoms with van der Waals surface area (Å²) in [5.74, 6) is 0.458. The number of pyridine rings is 1. The van der Waals surface area contributed by atoms with Crippen LogP contribution in [0.3, 0.4) is 0 Å². The number of hydrogen-bond acceptors (Lipinski definition) is 1. The quantitative estimate of drug-likeness (QED) is 0.281. The molecule has 3 aromatic carbocycles. The molecule has 0 unspecified atom stereocenters. The minimum Gasteiger partial charge on any atom is -0.299 e. The van der Waals surface area contributed by atoms with Gasteiger partial charge in [-0.3, -0.25) is 4.40 Å². The van der Waals surface area contributed by atoms with E-state index in [2.05, 4.69) is 106 Å². The molecule has 2 aromatic heterocycles. The van der Waals surface area contributed by atoms with E-state index in [0.29, 0.717) is 5.92 Å². The topological polar surface area (TPSA) is 17.3 Å². The second-order valence-electron chi connectivity index (χ2n) is 9.61. The summed E-state index contributed by atoms with van der Waals surface area (Å²) in [4.78, 5) is 4.70. The van der Waals surface area contributed by atoms with Crippen molar-refractivity contribution in [2.24, 2.45) is 0 Å². The molecule has 2 heteroatoms. The van der Waals surface area contributed by atoms with Crippen LogP contribution >= 0.6 is 0 Å². The van der Waals surface area contributed by atoms with Crippen molar-refractivity contribution in [1.82, 2.24) is 9.38 Å². The summed E-state index contributed by atoms with van der Waals surface area (Å²) >= 11 is 0. The molecule has 150 valence electrons. The van der Waals surface area contributed by atoms with Crippen molar-refractivity contribution < 1.29 is 0 Å². The Bertz CT molecular complexity index is 1380. The van der Waals surface area contributed by atoms with E-state index in [-0.39, 0.29) is 5.41 Å². The molecule has 0 radical (unpaired) electrons. The Morgan fingerprint density at radius 1 is 0.833 bits per heavy atom. The third-order valence-electron chi connectivity index (χ3n) is 6.20. The van der Waals surface area contributed by atoms with E-state index in [1.165, 1.54) is 43.9 Å². The van der Waals surface area contributed by atoms with Gasteiger partial charge in [0.15, 0.2) is 0 Å². The predicted molar refractivity (Wildman–Crippen MR) is 128 cm³/mol. The Morgan fingerprint density at radius 3 is 2.20 bits per heavy atom. The van der Waals surface area contributed by atoms with E-state index in [1.54, 1.807) is 0 Å². The average Bonchev–Trinajstić information content (AvgIpc) is 3.22. The van der Waals surface area contributed by atoms with Gasteiger partial charge in [-0.2, -0.15) is 0 Å². The number of fused-ring (bicyclic) bond motifs is 6. The molecule has 5 rings (SSSR count). The molecule has 0 bridgehead atoms. The van der Waals surface area contributed by atoms with E-state index < -0.39 is 0 Å². The summed E-state index contributed by atoms with van der Waals surface area (Å²) in [7, 11) is 0. The molecule has 0 fully saturated rings. The fourth-order valence-corrected chi connectivity index (χ4v) is 4.42. The van der Waals surface area contributed by atoms with E-state index in [4.69, 9.17) is 4.98 Å². The molecule has 0 saturated heterocycles. The molecule has 5 aromatic rings. The van der Waals surface area contributed by atoms with Gasteiger partial charge < -0.3 is 0 Å². The Morgan fingerprint density at radius 2 is 1.53 bits per heavy atom. The fraction of sp³-hybridized carbons (Fsp3) is 0.250. The first-order valence-corrected chi connectivity index (χ1v) is 10.8. The normalized spacial score (nSPS) is 12.5. The first-order chi connectivity index (χ1) is 14.3. The molecule has 0 aliphatic rings. The molecule has 2 heterocycles. The summed E-state index contributed by atoms with van der Waals surface area (Å²) in [6.07, 6.45) is 4.00. The number of nitrogens with zero attached hydrogens (tertiary/aromatic N) is 2. The summed E-state index contributed by atoms with van der Waals surface area (Å²) < 4.78 is 2.26. The standard InChI is InChI=1S/C28H28N2/c1-18(2)20-16-24(19-10-12-21(13-11-19)28(3,4)5)26-25(17-20)22-8-6-7-9-23(22)27-29-14-15-30(26)27/h6-18H,1-5H3. The van der Waals surface area contributed by atoms with Gasteiger partial charge in [-0.15, -0.1) is 0 Å². The van der Waals surface area contributed by atoms with Gasteiger partial charge in [0, 0.05) is 28.7 Å². The Balaban J connectivity index is 1.92. The second-order valence-corrected chi connectivity index (χ2v) is 9.61. The van der Waals surface area contributed by atoms with Gasteiger partial charge in [-0.05, 0) is 45.5 Å². The average molecular weight is 393 g/mol. The van der Waals surface area contributed by atoms with Crippen molar-refractivity contribution >= 4 is 27.3 Å². The van der Waals surface area contributed by atoms with E-state index in [0.717, 1.165) is 5.65 Å². The number of benzene rings is 3. The van der Waals surface area contributed by atoms with Crippen molar-refractivity contribution in [3.8, 4) is 11.1 Å². The highest BCUT2D eigenvalue weighted by atomic mass is 15.0. The van der Waals surface area contributed by atoms with E-state index >= 15 is 0 Å². The van der Waals surface area contributed by atoms with Crippen LogP contribution in [0.2, 0.25) is 0 Å². The largest absolute Gasteiger partial charge is 0.299 e. The Kier molecular flexibility index (Phi) is 4.21. The highest BCUT2D eigenvalue weighted by molar-refractivity contribution is 6.15. The molecular weight excluding hydrogens is 364 g/mol. The van der Waals surface area contributed by atoms with Crippen LogP contribution in [0.1, 0.15) is 51.7 Å². The number of aromatic nitrogens is 2. The van der Waals surface area contributed by atoms with Crippen LogP contribution in [0.4, 0.5) is 0 Å². The zero-order chi connectivity index (χ0) is 21.0. The third-order valence-corrected chi connectivity index (χ3v) is 6.20. The third kappa shape index (κ3) is 2.90.